The number of benzene rings is 1. The van der Waals surface area contributed by atoms with Crippen molar-refractivity contribution in [2.45, 2.75) is 45.5 Å². The molecule has 0 aliphatic heterocycles. The van der Waals surface area contributed by atoms with Crippen LogP contribution in [0.5, 0.6) is 0 Å². The van der Waals surface area contributed by atoms with Crippen molar-refractivity contribution >= 4 is 0 Å². The Morgan fingerprint density at radius 3 is 2.44 bits per heavy atom. The van der Waals surface area contributed by atoms with Crippen LogP contribution in [0.4, 0.5) is 8.78 Å². The van der Waals surface area contributed by atoms with Gasteiger partial charge in [0.1, 0.15) is 0 Å². The minimum absolute atomic E-state index is 0.106. The Kier molecular flexibility index (Phi) is 5.27. The van der Waals surface area contributed by atoms with Gasteiger partial charge < -0.3 is 5.73 Å². The second-order valence-corrected chi connectivity index (χ2v) is 5.17. The van der Waals surface area contributed by atoms with Gasteiger partial charge in [-0.2, -0.15) is 0 Å². The smallest absolute Gasteiger partial charge is 0.273 e. The SMILES string of the molecule is CCCC(F)(F)c1cccc(C(CN)C(C)C)c1. The van der Waals surface area contributed by atoms with Crippen LogP contribution < -0.4 is 5.73 Å². The number of rotatable bonds is 6. The second-order valence-electron chi connectivity index (χ2n) is 5.17. The molecule has 1 aromatic carbocycles. The zero-order valence-electron chi connectivity index (χ0n) is 11.4. The van der Waals surface area contributed by atoms with Gasteiger partial charge in [0.2, 0.25) is 0 Å². The Balaban J connectivity index is 3.05. The van der Waals surface area contributed by atoms with E-state index in [9.17, 15) is 8.78 Å². The van der Waals surface area contributed by atoms with Crippen molar-refractivity contribution in [3.8, 4) is 0 Å². The summed E-state index contributed by atoms with van der Waals surface area (Å²) in [7, 11) is 0. The number of hydrogen-bond acceptors (Lipinski definition) is 1. The van der Waals surface area contributed by atoms with Crippen LogP contribution in [0.15, 0.2) is 24.3 Å². The summed E-state index contributed by atoms with van der Waals surface area (Å²) in [6.45, 7) is 6.39. The Morgan fingerprint density at radius 2 is 1.94 bits per heavy atom. The first-order valence-electron chi connectivity index (χ1n) is 6.60. The van der Waals surface area contributed by atoms with Crippen molar-refractivity contribution in [2.24, 2.45) is 11.7 Å². The number of halogens is 2. The highest BCUT2D eigenvalue weighted by atomic mass is 19.3. The van der Waals surface area contributed by atoms with Crippen LogP contribution in [-0.2, 0) is 5.92 Å². The van der Waals surface area contributed by atoms with Gasteiger partial charge in [-0.1, -0.05) is 45.4 Å². The molecule has 0 saturated heterocycles. The van der Waals surface area contributed by atoms with Crippen molar-refractivity contribution in [3.63, 3.8) is 0 Å². The third kappa shape index (κ3) is 3.52. The van der Waals surface area contributed by atoms with Gasteiger partial charge in [-0.3, -0.25) is 0 Å². The molecule has 1 rings (SSSR count). The molecule has 0 fully saturated rings. The van der Waals surface area contributed by atoms with Crippen LogP contribution in [0, 0.1) is 5.92 Å². The molecule has 0 bridgehead atoms. The zero-order chi connectivity index (χ0) is 13.8. The Hall–Kier alpha value is -0.960. The van der Waals surface area contributed by atoms with Gasteiger partial charge in [-0.15, -0.1) is 0 Å². The first-order chi connectivity index (χ1) is 8.42. The summed E-state index contributed by atoms with van der Waals surface area (Å²) in [5.41, 5.74) is 6.77. The largest absolute Gasteiger partial charge is 0.330 e. The molecular formula is C15H23F2N. The van der Waals surface area contributed by atoms with Gasteiger partial charge in [0.15, 0.2) is 0 Å². The van der Waals surface area contributed by atoms with E-state index in [0.717, 1.165) is 5.56 Å². The minimum atomic E-state index is -2.74. The van der Waals surface area contributed by atoms with Crippen molar-refractivity contribution in [2.75, 3.05) is 6.54 Å². The lowest BCUT2D eigenvalue weighted by Crippen LogP contribution is -2.19. The maximum atomic E-state index is 13.9. The summed E-state index contributed by atoms with van der Waals surface area (Å²) in [6, 6.07) is 6.72. The van der Waals surface area contributed by atoms with Crippen LogP contribution in [0.1, 0.15) is 50.7 Å². The molecule has 102 valence electrons. The van der Waals surface area contributed by atoms with Gasteiger partial charge in [0, 0.05) is 12.0 Å². The molecule has 0 saturated carbocycles. The van der Waals surface area contributed by atoms with Crippen molar-refractivity contribution in [3.05, 3.63) is 35.4 Å². The lowest BCUT2D eigenvalue weighted by Gasteiger charge is -2.22. The van der Waals surface area contributed by atoms with Crippen LogP contribution in [0.25, 0.3) is 0 Å². The predicted molar refractivity (Wildman–Crippen MR) is 71.9 cm³/mol. The lowest BCUT2D eigenvalue weighted by atomic mass is 9.87. The number of alkyl halides is 2. The monoisotopic (exact) mass is 255 g/mol. The molecule has 0 aliphatic carbocycles. The maximum absolute atomic E-state index is 13.9. The zero-order valence-corrected chi connectivity index (χ0v) is 11.4. The van der Waals surface area contributed by atoms with E-state index in [-0.39, 0.29) is 17.9 Å². The molecule has 1 nitrogen and oxygen atoms in total. The van der Waals surface area contributed by atoms with Gasteiger partial charge in [-0.05, 0) is 30.0 Å². The van der Waals surface area contributed by atoms with E-state index in [0.29, 0.717) is 18.9 Å². The van der Waals surface area contributed by atoms with E-state index in [4.69, 9.17) is 5.73 Å². The van der Waals surface area contributed by atoms with Crippen molar-refractivity contribution in [1.29, 1.82) is 0 Å². The molecule has 2 N–H and O–H groups in total. The molecule has 18 heavy (non-hydrogen) atoms. The molecule has 0 aliphatic rings. The average Bonchev–Trinajstić information content (AvgIpc) is 2.30. The quantitative estimate of drug-likeness (QED) is 0.806. The summed E-state index contributed by atoms with van der Waals surface area (Å²) in [4.78, 5) is 0. The minimum Gasteiger partial charge on any atom is -0.330 e. The molecule has 1 unspecified atom stereocenters. The average molecular weight is 255 g/mol. The van der Waals surface area contributed by atoms with Crippen molar-refractivity contribution in [1.82, 2.24) is 0 Å². The lowest BCUT2D eigenvalue weighted by molar-refractivity contribution is -0.0141. The molecule has 0 heterocycles. The fraction of sp³-hybridized carbons (Fsp3) is 0.600. The molecule has 0 spiro atoms. The first-order valence-corrected chi connectivity index (χ1v) is 6.60. The Labute approximate surface area is 108 Å². The van der Waals surface area contributed by atoms with E-state index in [1.54, 1.807) is 19.1 Å². The Morgan fingerprint density at radius 1 is 1.28 bits per heavy atom. The molecule has 0 amide bonds. The summed E-state index contributed by atoms with van der Waals surface area (Å²) in [5, 5.41) is 0. The molecule has 1 aromatic rings. The summed E-state index contributed by atoms with van der Waals surface area (Å²) in [6.07, 6.45) is 0.368. The molecular weight excluding hydrogens is 232 g/mol. The van der Waals surface area contributed by atoms with E-state index < -0.39 is 5.92 Å². The van der Waals surface area contributed by atoms with Crippen LogP contribution in [-0.4, -0.2) is 6.54 Å². The Bertz CT molecular complexity index is 375. The molecule has 1 atom stereocenters. The van der Waals surface area contributed by atoms with E-state index in [1.165, 1.54) is 6.07 Å². The number of nitrogens with two attached hydrogens (primary N) is 1. The molecule has 3 heteroatoms. The van der Waals surface area contributed by atoms with Crippen LogP contribution in [0.3, 0.4) is 0 Å². The fourth-order valence-electron chi connectivity index (χ4n) is 2.25. The highest BCUT2D eigenvalue weighted by molar-refractivity contribution is 5.30. The predicted octanol–water partition coefficient (Wildman–Crippen LogP) is 4.28. The number of hydrogen-bond donors (Lipinski definition) is 1. The van der Waals surface area contributed by atoms with Gasteiger partial charge in [-0.25, -0.2) is 8.78 Å². The normalized spacial score (nSPS) is 13.9. The summed E-state index contributed by atoms with van der Waals surface area (Å²) in [5.74, 6) is -2.24. The topological polar surface area (TPSA) is 26.0 Å². The van der Waals surface area contributed by atoms with Crippen LogP contribution >= 0.6 is 0 Å². The van der Waals surface area contributed by atoms with E-state index >= 15 is 0 Å². The second kappa shape index (κ2) is 6.28. The third-order valence-corrected chi connectivity index (χ3v) is 3.36. The summed E-state index contributed by atoms with van der Waals surface area (Å²) < 4.78 is 27.7. The van der Waals surface area contributed by atoms with E-state index in [2.05, 4.69) is 13.8 Å². The van der Waals surface area contributed by atoms with Gasteiger partial charge in [0.25, 0.3) is 5.92 Å². The third-order valence-electron chi connectivity index (χ3n) is 3.36. The highest BCUT2D eigenvalue weighted by Crippen LogP contribution is 2.35. The molecule has 0 radical (unpaired) electrons. The first kappa shape index (κ1) is 15.1. The maximum Gasteiger partial charge on any atom is 0.273 e. The van der Waals surface area contributed by atoms with Crippen molar-refractivity contribution < 1.29 is 8.78 Å². The fourth-order valence-corrected chi connectivity index (χ4v) is 2.25. The highest BCUT2D eigenvalue weighted by Gasteiger charge is 2.30. The standard InChI is InChI=1S/C15H23F2N/c1-4-8-15(16,17)13-7-5-6-12(9-13)14(10-18)11(2)3/h5-7,9,11,14H,4,8,10,18H2,1-3H3. The van der Waals surface area contributed by atoms with Gasteiger partial charge in [0.05, 0.1) is 0 Å². The summed E-state index contributed by atoms with van der Waals surface area (Å²) >= 11 is 0. The van der Waals surface area contributed by atoms with Gasteiger partial charge >= 0.3 is 0 Å². The van der Waals surface area contributed by atoms with E-state index in [1.807, 2.05) is 6.07 Å². The van der Waals surface area contributed by atoms with Crippen LogP contribution in [0.2, 0.25) is 0 Å². The molecule has 0 aromatic heterocycles.